The van der Waals surface area contributed by atoms with Crippen LogP contribution >= 0.6 is 0 Å². The summed E-state index contributed by atoms with van der Waals surface area (Å²) in [5.74, 6) is -1.20. The summed E-state index contributed by atoms with van der Waals surface area (Å²) in [6, 6.07) is 2.11. The largest absolute Gasteiger partial charge is 0.477 e. The van der Waals surface area contributed by atoms with E-state index < -0.39 is 29.4 Å². The number of carboxylic acid groups (broad SMARTS) is 1. The highest BCUT2D eigenvalue weighted by Crippen LogP contribution is 2.37. The second kappa shape index (κ2) is 3.96. The molecule has 0 aliphatic carbocycles. The van der Waals surface area contributed by atoms with Gasteiger partial charge in [0, 0.05) is 11.9 Å². The van der Waals surface area contributed by atoms with E-state index in [1.54, 1.807) is 0 Å². The Kier molecular flexibility index (Phi) is 2.47. The molecule has 0 fully saturated rings. The zero-order valence-electron chi connectivity index (χ0n) is 10.5. The zero-order valence-corrected chi connectivity index (χ0v) is 10.5. The van der Waals surface area contributed by atoms with Crippen molar-refractivity contribution in [1.29, 1.82) is 0 Å². The highest BCUT2D eigenvalue weighted by molar-refractivity contribution is 5.99. The maximum atomic E-state index is 13.8. The first kappa shape index (κ1) is 12.5. The van der Waals surface area contributed by atoms with Crippen molar-refractivity contribution in [2.75, 3.05) is 5.73 Å². The van der Waals surface area contributed by atoms with E-state index in [1.165, 1.54) is 23.6 Å². The van der Waals surface area contributed by atoms with E-state index in [2.05, 4.69) is 0 Å². The predicted molar refractivity (Wildman–Crippen MR) is 69.8 cm³/mol. The van der Waals surface area contributed by atoms with Gasteiger partial charge in [-0.25, -0.2) is 4.79 Å². The van der Waals surface area contributed by atoms with Crippen LogP contribution < -0.4 is 15.9 Å². The van der Waals surface area contributed by atoms with E-state index in [1.807, 2.05) is 0 Å². The Hall–Kier alpha value is -2.57. The van der Waals surface area contributed by atoms with Gasteiger partial charge in [0.15, 0.2) is 0 Å². The highest BCUT2D eigenvalue weighted by Gasteiger charge is 2.30. The molecule has 0 radical (unpaired) electrons. The number of hydrogen-bond donors (Lipinski definition) is 2. The number of halogens is 1. The summed E-state index contributed by atoms with van der Waals surface area (Å²) in [5, 5.41) is 9.14. The second-order valence-electron chi connectivity index (χ2n) is 4.67. The Labute approximate surface area is 112 Å². The molecule has 0 saturated carbocycles. The molecule has 3 N–H and O–H groups in total. The lowest BCUT2D eigenvalue weighted by Crippen LogP contribution is -2.31. The zero-order chi connectivity index (χ0) is 14.6. The number of rotatable bonds is 1. The molecule has 1 aromatic heterocycles. The standard InChI is InChI=1S/C13H11FN2O4/c1-5-12(14)20-8-3-2-7(15)9-10(8)16(5)4-6(11(9)17)13(18)19/h2-5,12H,15H2,1H3,(H,18,19). The fourth-order valence-corrected chi connectivity index (χ4v) is 2.39. The molecule has 0 bridgehead atoms. The van der Waals surface area contributed by atoms with Crippen LogP contribution in [0.15, 0.2) is 23.1 Å². The molecule has 2 heterocycles. The van der Waals surface area contributed by atoms with E-state index in [9.17, 15) is 14.0 Å². The number of nitrogens with two attached hydrogens (primary N) is 1. The minimum atomic E-state index is -1.63. The molecule has 2 unspecified atom stereocenters. The lowest BCUT2D eigenvalue weighted by atomic mass is 10.1. The van der Waals surface area contributed by atoms with Crippen LogP contribution in [0.25, 0.3) is 10.9 Å². The van der Waals surface area contributed by atoms with Crippen molar-refractivity contribution in [2.45, 2.75) is 19.3 Å². The van der Waals surface area contributed by atoms with Gasteiger partial charge in [-0.05, 0) is 19.1 Å². The van der Waals surface area contributed by atoms with Crippen molar-refractivity contribution in [2.24, 2.45) is 0 Å². The van der Waals surface area contributed by atoms with E-state index in [0.29, 0.717) is 5.52 Å². The number of pyridine rings is 1. The summed E-state index contributed by atoms with van der Waals surface area (Å²) in [4.78, 5) is 23.4. The van der Waals surface area contributed by atoms with Gasteiger partial charge in [0.25, 0.3) is 6.36 Å². The van der Waals surface area contributed by atoms with Crippen molar-refractivity contribution < 1.29 is 19.0 Å². The van der Waals surface area contributed by atoms with Gasteiger partial charge in [-0.3, -0.25) is 4.79 Å². The maximum Gasteiger partial charge on any atom is 0.341 e. The maximum absolute atomic E-state index is 13.8. The fourth-order valence-electron chi connectivity index (χ4n) is 2.39. The summed E-state index contributed by atoms with van der Waals surface area (Å²) in [5.41, 5.74) is 5.09. The van der Waals surface area contributed by atoms with Gasteiger partial charge in [0.1, 0.15) is 11.3 Å². The van der Waals surface area contributed by atoms with Crippen molar-refractivity contribution in [3.05, 3.63) is 34.1 Å². The van der Waals surface area contributed by atoms with E-state index >= 15 is 0 Å². The number of carbonyl (C=O) groups is 1. The van der Waals surface area contributed by atoms with Crippen LogP contribution in [-0.2, 0) is 0 Å². The Morgan fingerprint density at radius 3 is 2.85 bits per heavy atom. The average Bonchev–Trinajstić information content (AvgIpc) is 2.39. The third-order valence-electron chi connectivity index (χ3n) is 3.46. The first-order valence-electron chi connectivity index (χ1n) is 5.93. The molecule has 0 amide bonds. The van der Waals surface area contributed by atoms with Gasteiger partial charge in [0.2, 0.25) is 5.43 Å². The molecule has 2 atom stereocenters. The lowest BCUT2D eigenvalue weighted by molar-refractivity contribution is 0.0166. The van der Waals surface area contributed by atoms with Crippen LogP contribution in [-0.4, -0.2) is 22.0 Å². The lowest BCUT2D eigenvalue weighted by Gasteiger charge is -2.29. The third kappa shape index (κ3) is 1.49. The van der Waals surface area contributed by atoms with Crippen LogP contribution in [0.2, 0.25) is 0 Å². The van der Waals surface area contributed by atoms with Crippen LogP contribution in [0.3, 0.4) is 0 Å². The fraction of sp³-hybridized carbons (Fsp3) is 0.231. The molecular weight excluding hydrogens is 267 g/mol. The first-order valence-corrected chi connectivity index (χ1v) is 5.93. The highest BCUT2D eigenvalue weighted by atomic mass is 19.1. The Morgan fingerprint density at radius 1 is 1.50 bits per heavy atom. The number of hydrogen-bond acceptors (Lipinski definition) is 4. The summed E-state index contributed by atoms with van der Waals surface area (Å²) in [6.07, 6.45) is -0.492. The molecule has 7 heteroatoms. The van der Waals surface area contributed by atoms with E-state index in [-0.39, 0.29) is 16.8 Å². The van der Waals surface area contributed by atoms with E-state index in [4.69, 9.17) is 15.6 Å². The van der Waals surface area contributed by atoms with Gasteiger partial charge in [0.05, 0.1) is 16.9 Å². The smallest absolute Gasteiger partial charge is 0.341 e. The van der Waals surface area contributed by atoms with Crippen LogP contribution in [0.1, 0.15) is 23.3 Å². The minimum Gasteiger partial charge on any atom is -0.477 e. The number of aromatic nitrogens is 1. The molecule has 0 spiro atoms. The van der Waals surface area contributed by atoms with E-state index in [0.717, 1.165) is 6.20 Å². The molecule has 1 aliphatic rings. The molecule has 2 aromatic rings. The number of nitrogens with zero attached hydrogens (tertiary/aromatic N) is 1. The normalized spacial score (nSPS) is 20.7. The Bertz CT molecular complexity index is 799. The Morgan fingerprint density at radius 2 is 2.20 bits per heavy atom. The van der Waals surface area contributed by atoms with Crippen LogP contribution in [0.4, 0.5) is 10.1 Å². The van der Waals surface area contributed by atoms with Gasteiger partial charge in [-0.15, -0.1) is 0 Å². The molecule has 104 valence electrons. The molecular formula is C13H11FN2O4. The summed E-state index contributed by atoms with van der Waals surface area (Å²) < 4.78 is 20.3. The van der Waals surface area contributed by atoms with Crippen LogP contribution in [0, 0.1) is 0 Å². The van der Waals surface area contributed by atoms with Crippen molar-refractivity contribution in [3.8, 4) is 5.75 Å². The summed E-state index contributed by atoms with van der Waals surface area (Å²) >= 11 is 0. The molecule has 20 heavy (non-hydrogen) atoms. The molecule has 3 rings (SSSR count). The number of alkyl halides is 1. The van der Waals surface area contributed by atoms with Gasteiger partial charge < -0.3 is 20.1 Å². The number of ether oxygens (including phenoxy) is 1. The van der Waals surface area contributed by atoms with Crippen LogP contribution in [0.5, 0.6) is 5.75 Å². The monoisotopic (exact) mass is 278 g/mol. The molecule has 1 aromatic carbocycles. The quantitative estimate of drug-likeness (QED) is 0.771. The summed E-state index contributed by atoms with van der Waals surface area (Å²) in [7, 11) is 0. The number of aromatic carboxylic acids is 1. The second-order valence-corrected chi connectivity index (χ2v) is 4.67. The first-order chi connectivity index (χ1) is 9.41. The van der Waals surface area contributed by atoms with Gasteiger partial charge in [-0.2, -0.15) is 4.39 Å². The number of benzene rings is 1. The predicted octanol–water partition coefficient (Wildman–Crippen LogP) is 1.53. The Balaban J connectivity index is 2.54. The average molecular weight is 278 g/mol. The number of anilines is 1. The number of nitrogen functional groups attached to an aromatic ring is 1. The van der Waals surface area contributed by atoms with Gasteiger partial charge >= 0.3 is 5.97 Å². The van der Waals surface area contributed by atoms with Crippen molar-refractivity contribution >= 4 is 22.6 Å². The summed E-state index contributed by atoms with van der Waals surface area (Å²) in [6.45, 7) is 1.53. The topological polar surface area (TPSA) is 94.6 Å². The van der Waals surface area contributed by atoms with Gasteiger partial charge in [-0.1, -0.05) is 0 Å². The minimum absolute atomic E-state index is 0.0427. The molecule has 0 saturated heterocycles. The van der Waals surface area contributed by atoms with Crippen molar-refractivity contribution in [3.63, 3.8) is 0 Å². The molecule has 1 aliphatic heterocycles. The SMILES string of the molecule is CC1C(F)Oc2ccc(N)c3c(=O)c(C(=O)O)cn1c23. The third-order valence-corrected chi connectivity index (χ3v) is 3.46. The number of carboxylic acids is 1. The van der Waals surface area contributed by atoms with Crippen molar-refractivity contribution in [1.82, 2.24) is 4.57 Å². The molecule has 6 nitrogen and oxygen atoms in total.